The van der Waals surface area contributed by atoms with Crippen molar-refractivity contribution in [3.63, 3.8) is 0 Å². The third-order valence-electron chi connectivity index (χ3n) is 0.590. The first kappa shape index (κ1) is 6.39. The molecule has 0 aliphatic rings. The van der Waals surface area contributed by atoms with Crippen molar-refractivity contribution < 1.29 is 9.85 Å². The average Bonchev–Trinajstić information content (AvgIpc) is 1.31. The van der Waals surface area contributed by atoms with Gasteiger partial charge in [0.05, 0.1) is 0 Å². The van der Waals surface area contributed by atoms with Gasteiger partial charge in [0.15, 0.2) is 0 Å². The van der Waals surface area contributed by atoms with Crippen molar-refractivity contribution in [1.82, 2.24) is 0 Å². The first-order valence-corrected chi connectivity index (χ1v) is 1.86. The Morgan fingerprint density at radius 1 is 1.71 bits per heavy atom. The van der Waals surface area contributed by atoms with Crippen molar-refractivity contribution in [1.29, 1.82) is 5.41 Å². The summed E-state index contributed by atoms with van der Waals surface area (Å²) in [5, 5.41) is 15.3. The monoisotopic (exact) mass is 104 g/mol. The summed E-state index contributed by atoms with van der Waals surface area (Å²) in [6.07, 6.45) is 0. The van der Waals surface area contributed by atoms with Gasteiger partial charge in [-0.25, -0.2) is 10.6 Å². The van der Waals surface area contributed by atoms with Gasteiger partial charge in [0.2, 0.25) is 0 Å². The zero-order valence-electron chi connectivity index (χ0n) is 4.47. The van der Waals surface area contributed by atoms with E-state index in [2.05, 4.69) is 0 Å². The van der Waals surface area contributed by atoms with E-state index in [0.717, 1.165) is 0 Å². The summed E-state index contributed by atoms with van der Waals surface area (Å²) >= 11 is 0. The fraction of sp³-hybridized carbons (Fsp3) is 0.667. The molecule has 0 atom stereocenters. The van der Waals surface area contributed by atoms with E-state index >= 15 is 0 Å². The molecule has 7 heavy (non-hydrogen) atoms. The van der Waals surface area contributed by atoms with Gasteiger partial charge in [0.1, 0.15) is 14.1 Å². The van der Waals surface area contributed by atoms with Gasteiger partial charge in [-0.1, -0.05) is 0 Å². The van der Waals surface area contributed by atoms with E-state index in [9.17, 15) is 0 Å². The number of guanidine groups is 1. The Balaban J connectivity index is 3.79. The topological polar surface area (TPSA) is 70.1 Å². The molecular weight excluding hydrogens is 94.1 g/mol. The minimum absolute atomic E-state index is 0.264. The van der Waals surface area contributed by atoms with Crippen molar-refractivity contribution >= 4 is 5.96 Å². The average molecular weight is 104 g/mol. The zero-order valence-corrected chi connectivity index (χ0v) is 4.47. The van der Waals surface area contributed by atoms with Gasteiger partial charge in [-0.15, -0.1) is 4.65 Å². The Labute approximate surface area is 42.2 Å². The lowest BCUT2D eigenvalue weighted by Crippen LogP contribution is -2.46. The zero-order chi connectivity index (χ0) is 6.08. The van der Waals surface area contributed by atoms with Gasteiger partial charge >= 0.3 is 5.96 Å². The Morgan fingerprint density at radius 2 is 1.86 bits per heavy atom. The van der Waals surface area contributed by atoms with E-state index in [1.807, 2.05) is 0 Å². The third kappa shape index (κ3) is 2.13. The Kier molecular flexibility index (Phi) is 1.35. The number of hydrogen-bond acceptors (Lipinski definition) is 2. The van der Waals surface area contributed by atoms with E-state index in [4.69, 9.17) is 16.4 Å². The molecule has 4 heteroatoms. The summed E-state index contributed by atoms with van der Waals surface area (Å²) in [5.41, 5.74) is 4.88. The maximum Gasteiger partial charge on any atom is 0.324 e. The minimum Gasteiger partial charge on any atom is -0.336 e. The molecule has 0 radical (unpaired) electrons. The molecule has 0 aromatic heterocycles. The maximum absolute atomic E-state index is 8.68. The highest BCUT2D eigenvalue weighted by Gasteiger charge is 2.13. The second kappa shape index (κ2) is 1.48. The predicted molar refractivity (Wildman–Crippen MR) is 25.8 cm³/mol. The van der Waals surface area contributed by atoms with Crippen molar-refractivity contribution in [2.75, 3.05) is 14.1 Å². The molecule has 0 spiro atoms. The van der Waals surface area contributed by atoms with Crippen LogP contribution in [0.3, 0.4) is 0 Å². The van der Waals surface area contributed by atoms with Crippen molar-refractivity contribution in [2.45, 2.75) is 0 Å². The number of hydrogen-bond donors (Lipinski definition) is 3. The summed E-state index contributed by atoms with van der Waals surface area (Å²) < 4.78 is -0.583. The summed E-state index contributed by atoms with van der Waals surface area (Å²) in [5.74, 6) is -0.264. The van der Waals surface area contributed by atoms with Crippen LogP contribution in [0.1, 0.15) is 0 Å². The Morgan fingerprint density at radius 3 is 1.86 bits per heavy atom. The molecule has 0 saturated heterocycles. The van der Waals surface area contributed by atoms with Crippen LogP contribution in [-0.4, -0.2) is 29.9 Å². The lowest BCUT2D eigenvalue weighted by molar-refractivity contribution is -1.00. The van der Waals surface area contributed by atoms with Crippen molar-refractivity contribution in [3.8, 4) is 0 Å². The fourth-order valence-corrected chi connectivity index (χ4v) is 0. The molecule has 0 aliphatic carbocycles. The van der Waals surface area contributed by atoms with Crippen LogP contribution in [-0.2, 0) is 0 Å². The van der Waals surface area contributed by atoms with Crippen LogP contribution in [0.5, 0.6) is 0 Å². The fourth-order valence-electron chi connectivity index (χ4n) is 0. The van der Waals surface area contributed by atoms with Crippen LogP contribution in [0.15, 0.2) is 0 Å². The summed E-state index contributed by atoms with van der Waals surface area (Å²) in [6.45, 7) is 0. The highest BCUT2D eigenvalue weighted by Crippen LogP contribution is 1.82. The second-order valence-corrected chi connectivity index (χ2v) is 1.78. The second-order valence-electron chi connectivity index (χ2n) is 1.78. The van der Waals surface area contributed by atoms with Gasteiger partial charge < -0.3 is 5.73 Å². The normalized spacial score (nSPS) is 11.3. The predicted octanol–water partition coefficient (Wildman–Crippen LogP) is -0.655. The first-order valence-electron chi connectivity index (χ1n) is 1.86. The van der Waals surface area contributed by atoms with Crippen LogP contribution < -0.4 is 5.73 Å². The summed E-state index contributed by atoms with van der Waals surface area (Å²) in [6, 6.07) is 0. The molecule has 0 fully saturated rings. The molecule has 0 rings (SSSR count). The van der Waals surface area contributed by atoms with Gasteiger partial charge in [0.25, 0.3) is 0 Å². The number of nitrogens with one attached hydrogen (secondary N) is 1. The standard InChI is InChI=1S/C3H10N3O/c1-6(2,7)3(4)5/h7H,1-2H3,(H3,4,5)/q+1. The first-order chi connectivity index (χ1) is 2.94. The summed E-state index contributed by atoms with van der Waals surface area (Å²) in [7, 11) is 2.81. The van der Waals surface area contributed by atoms with E-state index in [0.29, 0.717) is 0 Å². The lowest BCUT2D eigenvalue weighted by atomic mass is 10.8. The molecule has 0 saturated carbocycles. The lowest BCUT2D eigenvalue weighted by Gasteiger charge is -2.14. The molecule has 0 aromatic rings. The number of hydroxylamine groups is 3. The van der Waals surface area contributed by atoms with Gasteiger partial charge in [-0.3, -0.25) is 0 Å². The largest absolute Gasteiger partial charge is 0.336 e. The van der Waals surface area contributed by atoms with E-state index < -0.39 is 4.65 Å². The maximum atomic E-state index is 8.68. The molecule has 4 N–H and O–H groups in total. The molecular formula is C3H10N3O+. The molecule has 0 unspecified atom stereocenters. The third-order valence-corrected chi connectivity index (χ3v) is 0.590. The van der Waals surface area contributed by atoms with E-state index in [1.165, 1.54) is 14.1 Å². The molecule has 0 amide bonds. The number of quaternary nitrogens is 1. The minimum atomic E-state index is -0.583. The molecule has 0 bridgehead atoms. The van der Waals surface area contributed by atoms with E-state index in [1.54, 1.807) is 0 Å². The Bertz CT molecular complexity index is 82.7. The molecule has 0 aromatic carbocycles. The van der Waals surface area contributed by atoms with Gasteiger partial charge in [-0.05, 0) is 0 Å². The number of rotatable bonds is 0. The molecule has 0 aliphatic heterocycles. The number of nitrogens with two attached hydrogens (primary N) is 1. The quantitative estimate of drug-likeness (QED) is 0.165. The van der Waals surface area contributed by atoms with Crippen LogP contribution in [0.2, 0.25) is 0 Å². The van der Waals surface area contributed by atoms with Crippen molar-refractivity contribution in [3.05, 3.63) is 0 Å². The Hall–Kier alpha value is -0.610. The van der Waals surface area contributed by atoms with E-state index in [-0.39, 0.29) is 5.96 Å². The SMILES string of the molecule is C[N+](C)(O)C(=N)N. The van der Waals surface area contributed by atoms with Crippen LogP contribution >= 0.6 is 0 Å². The molecule has 4 nitrogen and oxygen atoms in total. The van der Waals surface area contributed by atoms with Crippen LogP contribution in [0, 0.1) is 5.41 Å². The smallest absolute Gasteiger partial charge is 0.324 e. The highest BCUT2D eigenvalue weighted by molar-refractivity contribution is 5.65. The molecule has 0 heterocycles. The van der Waals surface area contributed by atoms with Gasteiger partial charge in [-0.2, -0.15) is 0 Å². The van der Waals surface area contributed by atoms with Crippen LogP contribution in [0.25, 0.3) is 0 Å². The van der Waals surface area contributed by atoms with Crippen LogP contribution in [0.4, 0.5) is 0 Å². The van der Waals surface area contributed by atoms with Crippen molar-refractivity contribution in [2.24, 2.45) is 5.73 Å². The highest BCUT2D eigenvalue weighted by atomic mass is 16.5. The molecule has 42 valence electrons. The van der Waals surface area contributed by atoms with Gasteiger partial charge in [0, 0.05) is 0 Å². The summed E-state index contributed by atoms with van der Waals surface area (Å²) in [4.78, 5) is 0. The number of nitrogens with zero attached hydrogens (tertiary/aromatic N) is 1.